The Morgan fingerprint density at radius 1 is 1.22 bits per heavy atom. The van der Waals surface area contributed by atoms with Gasteiger partial charge in [0.15, 0.2) is 0 Å². The lowest BCUT2D eigenvalue weighted by atomic mass is 10.2. The van der Waals surface area contributed by atoms with Crippen molar-refractivity contribution in [3.05, 3.63) is 29.8 Å². The van der Waals surface area contributed by atoms with Crippen LogP contribution < -0.4 is 4.74 Å². The monoisotopic (exact) mass is 323 g/mol. The number of carbonyl (C=O) groups excluding carboxylic acids is 2. The highest BCUT2D eigenvalue weighted by Crippen LogP contribution is 2.21. The number of benzene rings is 1. The predicted octanol–water partition coefficient (Wildman–Crippen LogP) is 2.70. The second-order valence-electron chi connectivity index (χ2n) is 6.36. The lowest BCUT2D eigenvalue weighted by Crippen LogP contribution is -2.36. The zero-order valence-electron chi connectivity index (χ0n) is 13.4. The molecule has 1 atom stereocenters. The van der Waals surface area contributed by atoms with E-state index in [0.717, 1.165) is 0 Å². The molecule has 126 valence electrons. The molecule has 1 aliphatic heterocycles. The third-order valence-electron chi connectivity index (χ3n) is 3.27. The van der Waals surface area contributed by atoms with Crippen LogP contribution in [0.15, 0.2) is 24.3 Å². The largest absolute Gasteiger partial charge is 0.489 e. The maximum Gasteiger partial charge on any atom is 0.410 e. The van der Waals surface area contributed by atoms with Crippen LogP contribution in [-0.2, 0) is 9.62 Å². The Hall–Kier alpha value is -2.28. The van der Waals surface area contributed by atoms with Crippen LogP contribution in [0, 0.1) is 0 Å². The van der Waals surface area contributed by atoms with E-state index in [1.807, 2.05) is 20.8 Å². The van der Waals surface area contributed by atoms with E-state index in [2.05, 4.69) is 4.89 Å². The second kappa shape index (κ2) is 6.87. The van der Waals surface area contributed by atoms with Gasteiger partial charge in [0.1, 0.15) is 17.5 Å². The van der Waals surface area contributed by atoms with Gasteiger partial charge in [-0.25, -0.2) is 9.59 Å². The molecule has 0 saturated carbocycles. The topological polar surface area (TPSA) is 85.3 Å². The fourth-order valence-corrected chi connectivity index (χ4v) is 2.23. The Morgan fingerprint density at radius 2 is 1.87 bits per heavy atom. The number of carbonyl (C=O) groups is 2. The number of rotatable bonds is 3. The van der Waals surface area contributed by atoms with Gasteiger partial charge in [-0.2, -0.15) is 5.26 Å². The lowest BCUT2D eigenvalue weighted by molar-refractivity contribution is -0.182. The summed E-state index contributed by atoms with van der Waals surface area (Å²) in [5.74, 6) is -0.246. The highest BCUT2D eigenvalue weighted by Gasteiger charge is 2.30. The van der Waals surface area contributed by atoms with Crippen LogP contribution >= 0.6 is 0 Å². The molecule has 0 aliphatic carbocycles. The van der Waals surface area contributed by atoms with Gasteiger partial charge in [-0.3, -0.25) is 4.89 Å². The predicted molar refractivity (Wildman–Crippen MR) is 81.3 cm³/mol. The summed E-state index contributed by atoms with van der Waals surface area (Å²) in [5, 5.41) is 8.32. The Morgan fingerprint density at radius 3 is 2.43 bits per heavy atom. The average Bonchev–Trinajstić information content (AvgIpc) is 2.94. The fraction of sp³-hybridized carbons (Fsp3) is 0.500. The lowest BCUT2D eigenvalue weighted by Gasteiger charge is -2.24. The van der Waals surface area contributed by atoms with Crippen LogP contribution in [0.3, 0.4) is 0 Å². The molecule has 1 saturated heterocycles. The summed E-state index contributed by atoms with van der Waals surface area (Å²) in [4.78, 5) is 28.4. The van der Waals surface area contributed by atoms with Crippen molar-refractivity contribution in [2.75, 3.05) is 13.1 Å². The smallest absolute Gasteiger partial charge is 0.410 e. The van der Waals surface area contributed by atoms with Crippen molar-refractivity contribution in [1.29, 1.82) is 0 Å². The Bertz CT molecular complexity index is 563. The standard InChI is InChI=1S/C16H21NO6/c1-16(2,3)22-15(19)17-9-8-13(10-17)21-12-6-4-11(5-7-12)14(18)23-20/h4-7,13,20H,8-10H2,1-3H3. The number of ether oxygens (including phenoxy) is 2. The third kappa shape index (κ3) is 4.85. The minimum Gasteiger partial charge on any atom is -0.489 e. The summed E-state index contributed by atoms with van der Waals surface area (Å²) in [7, 11) is 0. The van der Waals surface area contributed by atoms with Crippen molar-refractivity contribution in [3.63, 3.8) is 0 Å². The first-order valence-electron chi connectivity index (χ1n) is 7.39. The van der Waals surface area contributed by atoms with Crippen molar-refractivity contribution in [2.24, 2.45) is 0 Å². The van der Waals surface area contributed by atoms with Crippen molar-refractivity contribution in [1.82, 2.24) is 4.90 Å². The molecule has 1 aromatic rings. The SMILES string of the molecule is CC(C)(C)OC(=O)N1CCC(Oc2ccc(C(=O)OO)cc2)C1. The van der Waals surface area contributed by atoms with E-state index in [0.29, 0.717) is 25.3 Å². The molecule has 1 N–H and O–H groups in total. The summed E-state index contributed by atoms with van der Waals surface area (Å²) in [6, 6.07) is 6.22. The second-order valence-corrected chi connectivity index (χ2v) is 6.36. The number of hydrogen-bond donors (Lipinski definition) is 1. The minimum atomic E-state index is -0.825. The van der Waals surface area contributed by atoms with Gasteiger partial charge < -0.3 is 14.4 Å². The molecule has 1 heterocycles. The van der Waals surface area contributed by atoms with E-state index < -0.39 is 11.6 Å². The average molecular weight is 323 g/mol. The first-order valence-corrected chi connectivity index (χ1v) is 7.39. The van der Waals surface area contributed by atoms with Gasteiger partial charge in [0.2, 0.25) is 0 Å². The molecule has 0 aromatic heterocycles. The van der Waals surface area contributed by atoms with Gasteiger partial charge in [-0.05, 0) is 45.0 Å². The van der Waals surface area contributed by atoms with Crippen molar-refractivity contribution in [2.45, 2.75) is 38.9 Å². The van der Waals surface area contributed by atoms with E-state index in [9.17, 15) is 9.59 Å². The fourth-order valence-electron chi connectivity index (χ4n) is 2.23. The van der Waals surface area contributed by atoms with Crippen molar-refractivity contribution < 1.29 is 29.2 Å². The van der Waals surface area contributed by atoms with Crippen LogP contribution in [0.25, 0.3) is 0 Å². The third-order valence-corrected chi connectivity index (χ3v) is 3.27. The Labute approximate surface area is 134 Å². The van der Waals surface area contributed by atoms with Crippen LogP contribution in [-0.4, -0.2) is 47.0 Å². The first kappa shape index (κ1) is 17.1. The van der Waals surface area contributed by atoms with Gasteiger partial charge in [0.25, 0.3) is 0 Å². The first-order chi connectivity index (χ1) is 10.8. The highest BCUT2D eigenvalue weighted by atomic mass is 17.1. The molecular formula is C16H21NO6. The summed E-state index contributed by atoms with van der Waals surface area (Å²) in [5.41, 5.74) is -0.297. The molecule has 23 heavy (non-hydrogen) atoms. The van der Waals surface area contributed by atoms with Crippen LogP contribution in [0.2, 0.25) is 0 Å². The summed E-state index contributed by atoms with van der Waals surface area (Å²) in [6.45, 7) is 6.51. The molecule has 1 aliphatic rings. The molecule has 1 fully saturated rings. The van der Waals surface area contributed by atoms with Gasteiger partial charge in [0, 0.05) is 13.0 Å². The number of likely N-dealkylation sites (tertiary alicyclic amines) is 1. The number of amides is 1. The van der Waals surface area contributed by atoms with Crippen LogP contribution in [0.4, 0.5) is 4.79 Å². The zero-order valence-corrected chi connectivity index (χ0v) is 13.4. The quantitative estimate of drug-likeness (QED) is 0.680. The van der Waals surface area contributed by atoms with Gasteiger partial charge in [-0.1, -0.05) is 0 Å². The van der Waals surface area contributed by atoms with E-state index in [4.69, 9.17) is 14.7 Å². The molecular weight excluding hydrogens is 302 g/mol. The highest BCUT2D eigenvalue weighted by molar-refractivity contribution is 5.88. The molecule has 1 aromatic carbocycles. The molecule has 7 heteroatoms. The van der Waals surface area contributed by atoms with Crippen molar-refractivity contribution in [3.8, 4) is 5.75 Å². The summed E-state index contributed by atoms with van der Waals surface area (Å²) < 4.78 is 11.1. The minimum absolute atomic E-state index is 0.127. The van der Waals surface area contributed by atoms with E-state index in [1.165, 1.54) is 12.1 Å². The molecule has 0 radical (unpaired) electrons. The van der Waals surface area contributed by atoms with E-state index in [-0.39, 0.29) is 17.8 Å². The number of hydrogen-bond acceptors (Lipinski definition) is 6. The van der Waals surface area contributed by atoms with Crippen LogP contribution in [0.1, 0.15) is 37.6 Å². The van der Waals surface area contributed by atoms with Gasteiger partial charge in [-0.15, -0.1) is 0 Å². The van der Waals surface area contributed by atoms with E-state index >= 15 is 0 Å². The van der Waals surface area contributed by atoms with Gasteiger partial charge >= 0.3 is 12.1 Å². The molecule has 0 bridgehead atoms. The molecule has 7 nitrogen and oxygen atoms in total. The maximum absolute atomic E-state index is 12.0. The van der Waals surface area contributed by atoms with Gasteiger partial charge in [0.05, 0.1) is 12.1 Å². The number of nitrogens with zero attached hydrogens (tertiary/aromatic N) is 1. The molecule has 1 amide bonds. The Balaban J connectivity index is 1.88. The van der Waals surface area contributed by atoms with E-state index in [1.54, 1.807) is 17.0 Å². The summed E-state index contributed by atoms with van der Waals surface area (Å²) in [6.07, 6.45) is 0.238. The van der Waals surface area contributed by atoms with Crippen LogP contribution in [0.5, 0.6) is 5.75 Å². The maximum atomic E-state index is 12.0. The zero-order chi connectivity index (χ0) is 17.0. The molecule has 1 unspecified atom stereocenters. The molecule has 0 spiro atoms. The normalized spacial score (nSPS) is 17.7. The Kier molecular flexibility index (Phi) is 5.10. The molecule has 2 rings (SSSR count). The summed E-state index contributed by atoms with van der Waals surface area (Å²) >= 11 is 0. The van der Waals surface area contributed by atoms with Crippen molar-refractivity contribution >= 4 is 12.1 Å².